The van der Waals surface area contributed by atoms with E-state index in [-0.39, 0.29) is 0 Å². The lowest BCUT2D eigenvalue weighted by atomic mass is 10.1. The van der Waals surface area contributed by atoms with E-state index in [1.807, 2.05) is 12.1 Å². The van der Waals surface area contributed by atoms with Crippen LogP contribution in [-0.2, 0) is 13.1 Å². The number of alkyl halides is 1. The zero-order chi connectivity index (χ0) is 14.2. The second-order valence-corrected chi connectivity index (χ2v) is 5.49. The minimum atomic E-state index is 0.893. The molecule has 0 amide bonds. The van der Waals surface area contributed by atoms with E-state index in [0.717, 1.165) is 30.7 Å². The highest BCUT2D eigenvalue weighted by Crippen LogP contribution is 2.20. The van der Waals surface area contributed by atoms with Crippen LogP contribution in [0.5, 0.6) is 5.75 Å². The molecule has 20 heavy (non-hydrogen) atoms. The zero-order valence-electron chi connectivity index (χ0n) is 11.8. The lowest BCUT2D eigenvalue weighted by Gasteiger charge is -2.22. The van der Waals surface area contributed by atoms with Crippen molar-refractivity contribution in [2.45, 2.75) is 13.1 Å². The highest BCUT2D eigenvalue weighted by Gasteiger charge is 2.09. The first-order valence-corrected chi connectivity index (χ1v) is 7.89. The Hall–Kier alpha value is -1.32. The molecule has 106 valence electrons. The van der Waals surface area contributed by atoms with E-state index in [4.69, 9.17) is 4.74 Å². The summed E-state index contributed by atoms with van der Waals surface area (Å²) in [6, 6.07) is 18.8. The summed E-state index contributed by atoms with van der Waals surface area (Å²) in [5, 5.41) is 0.967. The molecule has 0 aliphatic rings. The van der Waals surface area contributed by atoms with Crippen molar-refractivity contribution in [2.75, 3.05) is 19.0 Å². The molecule has 0 aliphatic heterocycles. The van der Waals surface area contributed by atoms with E-state index < -0.39 is 0 Å². The van der Waals surface area contributed by atoms with Crippen LogP contribution in [0.3, 0.4) is 0 Å². The third-order valence-corrected chi connectivity index (χ3v) is 3.59. The zero-order valence-corrected chi connectivity index (χ0v) is 13.3. The molecule has 3 heteroatoms. The summed E-state index contributed by atoms with van der Waals surface area (Å²) >= 11 is 3.54. The van der Waals surface area contributed by atoms with Crippen molar-refractivity contribution >= 4 is 15.9 Å². The van der Waals surface area contributed by atoms with Gasteiger partial charge in [-0.2, -0.15) is 0 Å². The van der Waals surface area contributed by atoms with Gasteiger partial charge < -0.3 is 4.74 Å². The highest BCUT2D eigenvalue weighted by atomic mass is 79.9. The molecule has 0 aromatic heterocycles. The molecule has 0 unspecified atom stereocenters. The molecule has 0 spiro atoms. The molecule has 0 aliphatic carbocycles. The molecule has 0 N–H and O–H groups in total. The van der Waals surface area contributed by atoms with Crippen LogP contribution in [0.4, 0.5) is 0 Å². The quantitative estimate of drug-likeness (QED) is 0.707. The summed E-state index contributed by atoms with van der Waals surface area (Å²) in [4.78, 5) is 2.42. The van der Waals surface area contributed by atoms with Crippen LogP contribution in [0.1, 0.15) is 11.1 Å². The molecule has 2 aromatic rings. The molecule has 0 atom stereocenters. The maximum atomic E-state index is 5.44. The van der Waals surface area contributed by atoms with E-state index in [0.29, 0.717) is 0 Å². The van der Waals surface area contributed by atoms with Gasteiger partial charge in [0.1, 0.15) is 5.75 Å². The minimum absolute atomic E-state index is 0.893. The van der Waals surface area contributed by atoms with Crippen LogP contribution in [0.15, 0.2) is 54.6 Å². The maximum Gasteiger partial charge on any atom is 0.123 e. The summed E-state index contributed by atoms with van der Waals surface area (Å²) < 4.78 is 5.44. The lowest BCUT2D eigenvalue weighted by molar-refractivity contribution is 0.269. The van der Waals surface area contributed by atoms with Gasteiger partial charge in [0, 0.05) is 30.5 Å². The van der Waals surface area contributed by atoms with Crippen LogP contribution in [0, 0.1) is 0 Å². The Kier molecular flexibility index (Phi) is 6.09. The smallest absolute Gasteiger partial charge is 0.123 e. The van der Waals surface area contributed by atoms with Gasteiger partial charge in [-0.15, -0.1) is 0 Å². The van der Waals surface area contributed by atoms with Gasteiger partial charge in [0.05, 0.1) is 7.11 Å². The fourth-order valence-corrected chi connectivity index (χ4v) is 2.75. The Labute approximate surface area is 129 Å². The topological polar surface area (TPSA) is 12.5 Å². The normalized spacial score (nSPS) is 10.8. The molecule has 0 heterocycles. The average Bonchev–Trinajstić information content (AvgIpc) is 2.49. The van der Waals surface area contributed by atoms with Gasteiger partial charge in [-0.05, 0) is 11.6 Å². The average molecular weight is 334 g/mol. The number of halogens is 1. The number of para-hydroxylation sites is 1. The SMILES string of the molecule is COc1ccccc1CN(CCBr)Cc1ccccc1. The molecule has 2 nitrogen and oxygen atoms in total. The predicted octanol–water partition coefficient (Wildman–Crippen LogP) is 4.09. The van der Waals surface area contributed by atoms with Gasteiger partial charge in [-0.1, -0.05) is 64.5 Å². The Bertz CT molecular complexity index is 515. The molecule has 2 rings (SSSR count). The van der Waals surface area contributed by atoms with Crippen molar-refractivity contribution < 1.29 is 4.74 Å². The number of ether oxygens (including phenoxy) is 1. The predicted molar refractivity (Wildman–Crippen MR) is 87.3 cm³/mol. The van der Waals surface area contributed by atoms with Crippen molar-refractivity contribution in [3.05, 3.63) is 65.7 Å². The molecule has 0 fully saturated rings. The standard InChI is InChI=1S/C17H20BrNO/c1-20-17-10-6-5-9-16(17)14-19(12-11-18)13-15-7-3-2-4-8-15/h2-10H,11-14H2,1H3. The van der Waals surface area contributed by atoms with Gasteiger partial charge in [0.2, 0.25) is 0 Å². The molecular formula is C17H20BrNO. The van der Waals surface area contributed by atoms with Gasteiger partial charge in [-0.25, -0.2) is 0 Å². The van der Waals surface area contributed by atoms with Gasteiger partial charge in [0.15, 0.2) is 0 Å². The Morgan fingerprint density at radius 3 is 2.35 bits per heavy atom. The maximum absolute atomic E-state index is 5.44. The van der Waals surface area contributed by atoms with E-state index in [1.54, 1.807) is 7.11 Å². The van der Waals surface area contributed by atoms with Crippen LogP contribution in [-0.4, -0.2) is 23.9 Å². The minimum Gasteiger partial charge on any atom is -0.496 e. The largest absolute Gasteiger partial charge is 0.496 e. The van der Waals surface area contributed by atoms with E-state index in [2.05, 4.69) is 63.3 Å². The van der Waals surface area contributed by atoms with Crippen molar-refractivity contribution in [1.82, 2.24) is 4.90 Å². The van der Waals surface area contributed by atoms with Crippen molar-refractivity contribution in [3.8, 4) is 5.75 Å². The molecule has 0 saturated heterocycles. The van der Waals surface area contributed by atoms with Crippen LogP contribution in [0.2, 0.25) is 0 Å². The Morgan fingerprint density at radius 1 is 0.950 bits per heavy atom. The van der Waals surface area contributed by atoms with E-state index in [1.165, 1.54) is 11.1 Å². The van der Waals surface area contributed by atoms with Crippen molar-refractivity contribution in [2.24, 2.45) is 0 Å². The van der Waals surface area contributed by atoms with E-state index in [9.17, 15) is 0 Å². The first-order valence-electron chi connectivity index (χ1n) is 6.77. The third-order valence-electron chi connectivity index (χ3n) is 3.24. The molecule has 2 aromatic carbocycles. The molecule has 0 radical (unpaired) electrons. The molecule has 0 saturated carbocycles. The fourth-order valence-electron chi connectivity index (χ4n) is 2.25. The van der Waals surface area contributed by atoms with Crippen LogP contribution >= 0.6 is 15.9 Å². The molecular weight excluding hydrogens is 314 g/mol. The second-order valence-electron chi connectivity index (χ2n) is 4.70. The van der Waals surface area contributed by atoms with Gasteiger partial charge in [0.25, 0.3) is 0 Å². The summed E-state index contributed by atoms with van der Waals surface area (Å²) in [7, 11) is 1.73. The third kappa shape index (κ3) is 4.36. The van der Waals surface area contributed by atoms with Crippen molar-refractivity contribution in [3.63, 3.8) is 0 Å². The fraction of sp³-hybridized carbons (Fsp3) is 0.294. The highest BCUT2D eigenvalue weighted by molar-refractivity contribution is 9.09. The van der Waals surface area contributed by atoms with Gasteiger partial charge >= 0.3 is 0 Å². The summed E-state index contributed by atoms with van der Waals surface area (Å²) in [5.74, 6) is 0.958. The number of nitrogens with zero attached hydrogens (tertiary/aromatic N) is 1. The van der Waals surface area contributed by atoms with Crippen LogP contribution < -0.4 is 4.74 Å². The summed E-state index contributed by atoms with van der Waals surface area (Å²) in [5.41, 5.74) is 2.57. The molecule has 0 bridgehead atoms. The number of rotatable bonds is 7. The number of methoxy groups -OCH3 is 1. The number of hydrogen-bond acceptors (Lipinski definition) is 2. The number of benzene rings is 2. The summed E-state index contributed by atoms with van der Waals surface area (Å²) in [6.45, 7) is 2.85. The monoisotopic (exact) mass is 333 g/mol. The van der Waals surface area contributed by atoms with Gasteiger partial charge in [-0.3, -0.25) is 4.90 Å². The first kappa shape index (κ1) is 15.1. The Morgan fingerprint density at radius 2 is 1.65 bits per heavy atom. The first-order chi connectivity index (χ1) is 9.83. The summed E-state index contributed by atoms with van der Waals surface area (Å²) in [6.07, 6.45) is 0. The number of hydrogen-bond donors (Lipinski definition) is 0. The lowest BCUT2D eigenvalue weighted by Crippen LogP contribution is -2.25. The Balaban J connectivity index is 2.09. The van der Waals surface area contributed by atoms with E-state index >= 15 is 0 Å². The van der Waals surface area contributed by atoms with Crippen LogP contribution in [0.25, 0.3) is 0 Å². The second kappa shape index (κ2) is 8.08. The van der Waals surface area contributed by atoms with Crippen molar-refractivity contribution in [1.29, 1.82) is 0 Å².